The van der Waals surface area contributed by atoms with E-state index in [2.05, 4.69) is 6.92 Å². The van der Waals surface area contributed by atoms with Gasteiger partial charge in [-0.1, -0.05) is 13.8 Å². The van der Waals surface area contributed by atoms with Crippen molar-refractivity contribution in [3.63, 3.8) is 0 Å². The number of fused-ring (bicyclic) bond motifs is 2. The van der Waals surface area contributed by atoms with Crippen LogP contribution in [0.25, 0.3) is 0 Å². The highest BCUT2D eigenvalue weighted by Gasteiger charge is 2.69. The van der Waals surface area contributed by atoms with E-state index in [0.717, 1.165) is 19.3 Å². The third-order valence-corrected chi connectivity index (χ3v) is 8.23. The highest BCUT2D eigenvalue weighted by atomic mass is 17.3. The lowest BCUT2D eigenvalue weighted by Crippen LogP contribution is -2.70. The predicted octanol–water partition coefficient (Wildman–Crippen LogP) is 4.34. The second kappa shape index (κ2) is 8.53. The maximum atomic E-state index is 11.6. The van der Waals surface area contributed by atoms with Gasteiger partial charge in [-0.2, -0.15) is 0 Å². The van der Waals surface area contributed by atoms with Gasteiger partial charge in [-0.25, -0.2) is 9.78 Å². The first kappa shape index (κ1) is 23.6. The maximum absolute atomic E-state index is 11.6. The summed E-state index contributed by atoms with van der Waals surface area (Å²) in [4.78, 5) is 34.1. The predicted molar refractivity (Wildman–Crippen MR) is 116 cm³/mol. The van der Waals surface area contributed by atoms with E-state index in [1.807, 2.05) is 13.8 Å². The smallest absolute Gasteiger partial charge is 0.306 e. The molecule has 34 heavy (non-hydrogen) atoms. The number of benzene rings is 1. The molecule has 1 aliphatic carbocycles. The zero-order valence-corrected chi connectivity index (χ0v) is 19.5. The van der Waals surface area contributed by atoms with Crippen LogP contribution in [0.5, 0.6) is 0 Å². The molecule has 4 heterocycles. The molecule has 10 nitrogen and oxygen atoms in total. The van der Waals surface area contributed by atoms with Crippen LogP contribution in [0.2, 0.25) is 0 Å². The Hall–Kier alpha value is -2.11. The van der Waals surface area contributed by atoms with Gasteiger partial charge in [-0.15, -0.1) is 0 Å². The first-order chi connectivity index (χ1) is 16.1. The van der Waals surface area contributed by atoms with Crippen molar-refractivity contribution in [3.8, 4) is 0 Å². The third-order valence-electron chi connectivity index (χ3n) is 8.23. The molecule has 0 amide bonds. The molecular weight excluding hydrogens is 446 g/mol. The summed E-state index contributed by atoms with van der Waals surface area (Å²) in [5, 5.41) is 20.5. The lowest BCUT2D eigenvalue weighted by Gasteiger charge is -2.60. The van der Waals surface area contributed by atoms with Gasteiger partial charge < -0.3 is 19.3 Å². The Kier molecular flexibility index (Phi) is 5.92. The van der Waals surface area contributed by atoms with Crippen molar-refractivity contribution < 1.29 is 38.8 Å². The number of carboxylic acid groups (broad SMARTS) is 1. The molecule has 9 atom stereocenters. The highest BCUT2D eigenvalue weighted by molar-refractivity contribution is 5.67. The van der Waals surface area contributed by atoms with Crippen LogP contribution < -0.4 is 0 Å². The van der Waals surface area contributed by atoms with Crippen LogP contribution in [0.4, 0.5) is 5.69 Å². The summed E-state index contributed by atoms with van der Waals surface area (Å²) in [6, 6.07) is 5.75. The number of nitro groups is 1. The van der Waals surface area contributed by atoms with E-state index in [1.165, 1.54) is 24.3 Å². The zero-order chi connectivity index (χ0) is 24.3. The molecule has 5 aliphatic rings. The molecule has 1 saturated carbocycles. The van der Waals surface area contributed by atoms with Gasteiger partial charge in [0.15, 0.2) is 18.2 Å². The monoisotopic (exact) mass is 477 g/mol. The number of hydrogen-bond acceptors (Lipinski definition) is 8. The number of rotatable bonds is 6. The van der Waals surface area contributed by atoms with E-state index >= 15 is 0 Å². The minimum Gasteiger partial charge on any atom is -0.481 e. The quantitative estimate of drug-likeness (QED) is 0.362. The Labute approximate surface area is 197 Å². The minimum absolute atomic E-state index is 0.0439. The number of carboxylic acids is 1. The Balaban J connectivity index is 1.44. The van der Waals surface area contributed by atoms with Crippen LogP contribution in [-0.2, 0) is 28.8 Å². The Morgan fingerprint density at radius 2 is 1.94 bits per heavy atom. The van der Waals surface area contributed by atoms with Gasteiger partial charge in [0.25, 0.3) is 5.69 Å². The summed E-state index contributed by atoms with van der Waals surface area (Å²) >= 11 is 0. The lowest BCUT2D eigenvalue weighted by molar-refractivity contribution is -0.578. The van der Waals surface area contributed by atoms with Crippen molar-refractivity contribution in [2.75, 3.05) is 0 Å². The molecule has 5 fully saturated rings. The van der Waals surface area contributed by atoms with Gasteiger partial charge in [-0.3, -0.25) is 14.9 Å². The number of aliphatic carboxylic acids is 1. The molecule has 1 N–H and O–H groups in total. The minimum atomic E-state index is -1.04. The average Bonchev–Trinajstić information content (AvgIpc) is 3.02. The maximum Gasteiger partial charge on any atom is 0.306 e. The van der Waals surface area contributed by atoms with Crippen LogP contribution >= 0.6 is 0 Å². The van der Waals surface area contributed by atoms with Gasteiger partial charge in [0, 0.05) is 30.4 Å². The number of non-ortho nitro benzene ring substituents is 1. The van der Waals surface area contributed by atoms with E-state index < -0.39 is 41.0 Å². The van der Waals surface area contributed by atoms with Crippen LogP contribution in [0.3, 0.4) is 0 Å². The summed E-state index contributed by atoms with van der Waals surface area (Å²) in [7, 11) is 0. The first-order valence-electron chi connectivity index (χ1n) is 11.9. The van der Waals surface area contributed by atoms with Crippen molar-refractivity contribution in [2.24, 2.45) is 23.7 Å². The van der Waals surface area contributed by atoms with Crippen molar-refractivity contribution in [1.82, 2.24) is 0 Å². The zero-order valence-electron chi connectivity index (χ0n) is 19.5. The molecular formula is C24H31NO9. The van der Waals surface area contributed by atoms with E-state index in [-0.39, 0.29) is 29.9 Å². The molecule has 1 aromatic carbocycles. The molecule has 1 unspecified atom stereocenters. The van der Waals surface area contributed by atoms with Crippen LogP contribution in [-0.4, -0.2) is 40.0 Å². The summed E-state index contributed by atoms with van der Waals surface area (Å²) in [5.41, 5.74) is -0.269. The van der Waals surface area contributed by atoms with Gasteiger partial charge in [0.2, 0.25) is 5.79 Å². The number of nitrogens with zero attached hydrogens (tertiary/aromatic N) is 1. The van der Waals surface area contributed by atoms with Crippen LogP contribution in [0.1, 0.15) is 64.5 Å². The molecule has 186 valence electrons. The Morgan fingerprint density at radius 1 is 1.21 bits per heavy atom. The first-order valence-corrected chi connectivity index (χ1v) is 11.9. The van der Waals surface area contributed by atoms with E-state index in [0.29, 0.717) is 17.9 Å². The third kappa shape index (κ3) is 3.81. The summed E-state index contributed by atoms with van der Waals surface area (Å²) in [6.45, 7) is 6.11. The van der Waals surface area contributed by atoms with Crippen LogP contribution in [0.15, 0.2) is 24.3 Å². The Morgan fingerprint density at radius 3 is 2.62 bits per heavy atom. The van der Waals surface area contributed by atoms with E-state index in [1.54, 1.807) is 0 Å². The van der Waals surface area contributed by atoms with Gasteiger partial charge >= 0.3 is 5.97 Å². The summed E-state index contributed by atoms with van der Waals surface area (Å²) in [5.74, 6) is -1.38. The normalized spacial score (nSPS) is 41.9. The lowest BCUT2D eigenvalue weighted by atomic mass is 9.58. The number of ether oxygens (including phenoxy) is 3. The number of nitro benzene ring substituents is 1. The molecule has 2 bridgehead atoms. The standard InChI is InChI=1S/C24H31NO9/c1-13-4-9-18-14(2)21(31-22-24(18)17(13)10-11-23(3,32-22)33-34-24)30-19(12-20(26)27)15-5-7-16(8-6-15)25(28)29/h5-8,13-14,17-19,21-22H,4,9-12H2,1-3H3,(H,26,27)/t13-,14-,17+,18?,19-,21+,22-,23-,24-/m1/s1. The highest BCUT2D eigenvalue weighted by Crippen LogP contribution is 2.60. The SMILES string of the molecule is C[C@@H]1CCC2[C@@H](C)[C@@H](O[C@H](CC(=O)O)c3ccc([N+](=O)[O-])cc3)O[C@@H]3O[C@@]4(C)CC[C@@H]1[C@@]23OO4. The van der Waals surface area contributed by atoms with Crippen molar-refractivity contribution in [1.29, 1.82) is 0 Å². The largest absolute Gasteiger partial charge is 0.481 e. The molecule has 1 aromatic rings. The number of carbonyl (C=O) groups is 1. The molecule has 4 aliphatic heterocycles. The molecule has 0 aromatic heterocycles. The Bertz CT molecular complexity index is 954. The fourth-order valence-electron chi connectivity index (χ4n) is 6.40. The van der Waals surface area contributed by atoms with Crippen LogP contribution in [0, 0.1) is 33.8 Å². The van der Waals surface area contributed by atoms with E-state index in [9.17, 15) is 20.0 Å². The van der Waals surface area contributed by atoms with Gasteiger partial charge in [-0.05, 0) is 55.7 Å². The second-order valence-electron chi connectivity index (χ2n) is 10.3. The van der Waals surface area contributed by atoms with E-state index in [4.69, 9.17) is 24.0 Å². The van der Waals surface area contributed by atoms with Gasteiger partial charge in [0.05, 0.1) is 17.4 Å². The average molecular weight is 478 g/mol. The fourth-order valence-corrected chi connectivity index (χ4v) is 6.40. The van der Waals surface area contributed by atoms with Crippen molar-refractivity contribution >= 4 is 11.7 Å². The summed E-state index contributed by atoms with van der Waals surface area (Å²) in [6.07, 6.45) is 0.968. The molecule has 10 heteroatoms. The molecule has 0 radical (unpaired) electrons. The van der Waals surface area contributed by atoms with Crippen molar-refractivity contribution in [3.05, 3.63) is 39.9 Å². The summed E-state index contributed by atoms with van der Waals surface area (Å²) < 4.78 is 19.0. The molecule has 6 rings (SSSR count). The van der Waals surface area contributed by atoms with Crippen molar-refractivity contribution in [2.45, 2.75) is 82.9 Å². The number of hydrogen-bond donors (Lipinski definition) is 1. The molecule has 1 spiro atoms. The molecule has 4 saturated heterocycles. The second-order valence-corrected chi connectivity index (χ2v) is 10.3. The fraction of sp³-hybridized carbons (Fsp3) is 0.708. The topological polar surface area (TPSA) is 127 Å². The van der Waals surface area contributed by atoms with Gasteiger partial charge in [0.1, 0.15) is 0 Å².